The number of aromatic hydroxyl groups is 1. The normalized spacial score (nSPS) is 11.9. The van der Waals surface area contributed by atoms with Gasteiger partial charge in [-0.05, 0) is 17.7 Å². The van der Waals surface area contributed by atoms with E-state index >= 15 is 0 Å². The molecule has 108 valence electrons. The number of rotatable bonds is 5. The van der Waals surface area contributed by atoms with E-state index in [9.17, 15) is 13.5 Å². The average molecular weight is 295 g/mol. The van der Waals surface area contributed by atoms with Gasteiger partial charge in [0.25, 0.3) is 10.0 Å². The number of hydrogen-bond donors (Lipinski definition) is 2. The maximum atomic E-state index is 12.3. The first kappa shape index (κ1) is 14.5. The molecule has 0 radical (unpaired) electrons. The molecule has 2 rings (SSSR count). The first-order valence-corrected chi connectivity index (χ1v) is 7.65. The number of aromatic amines is 1. The Morgan fingerprint density at radius 3 is 2.50 bits per heavy atom. The molecule has 0 aliphatic rings. The zero-order valence-corrected chi connectivity index (χ0v) is 12.2. The Bertz CT molecular complexity index is 677. The molecule has 6 nitrogen and oxygen atoms in total. The number of imidazole rings is 1. The molecule has 0 spiro atoms. The molecule has 2 N–H and O–H groups in total. The molecule has 0 saturated carbocycles. The van der Waals surface area contributed by atoms with Crippen molar-refractivity contribution in [2.45, 2.75) is 24.9 Å². The smallest absolute Gasteiger partial charge is 0.260 e. The van der Waals surface area contributed by atoms with Crippen LogP contribution in [-0.4, -0.2) is 34.8 Å². The van der Waals surface area contributed by atoms with Gasteiger partial charge < -0.3 is 10.1 Å². The van der Waals surface area contributed by atoms with E-state index in [1.54, 1.807) is 12.1 Å². The van der Waals surface area contributed by atoms with Crippen molar-refractivity contribution in [3.63, 3.8) is 0 Å². The van der Waals surface area contributed by atoms with E-state index in [-0.39, 0.29) is 17.3 Å². The van der Waals surface area contributed by atoms with Gasteiger partial charge in [0, 0.05) is 20.0 Å². The summed E-state index contributed by atoms with van der Waals surface area (Å²) in [6, 6.07) is 6.43. The summed E-state index contributed by atoms with van der Waals surface area (Å²) < 4.78 is 25.9. The Balaban J connectivity index is 2.18. The maximum Gasteiger partial charge on any atom is 0.260 e. The third-order valence-electron chi connectivity index (χ3n) is 2.97. The number of sulfonamides is 1. The fourth-order valence-electron chi connectivity index (χ4n) is 1.77. The summed E-state index contributed by atoms with van der Waals surface area (Å²) in [5.74, 6) is 0.794. The van der Waals surface area contributed by atoms with E-state index in [4.69, 9.17) is 0 Å². The second kappa shape index (κ2) is 5.64. The summed E-state index contributed by atoms with van der Waals surface area (Å²) >= 11 is 0. The lowest BCUT2D eigenvalue weighted by Crippen LogP contribution is -2.26. The molecule has 2 aromatic rings. The van der Waals surface area contributed by atoms with Crippen LogP contribution in [0.5, 0.6) is 5.75 Å². The third kappa shape index (κ3) is 3.00. The minimum Gasteiger partial charge on any atom is -0.508 e. The van der Waals surface area contributed by atoms with Crippen LogP contribution in [0.15, 0.2) is 35.5 Å². The fraction of sp³-hybridized carbons (Fsp3) is 0.308. The highest BCUT2D eigenvalue weighted by Gasteiger charge is 2.23. The number of benzene rings is 1. The van der Waals surface area contributed by atoms with Gasteiger partial charge in [-0.1, -0.05) is 19.1 Å². The lowest BCUT2D eigenvalue weighted by atomic mass is 10.2. The van der Waals surface area contributed by atoms with Crippen LogP contribution in [-0.2, 0) is 23.0 Å². The number of aryl methyl sites for hydroxylation is 1. The molecule has 0 amide bonds. The van der Waals surface area contributed by atoms with Crippen molar-refractivity contribution in [1.29, 1.82) is 0 Å². The van der Waals surface area contributed by atoms with Crippen molar-refractivity contribution < 1.29 is 13.5 Å². The van der Waals surface area contributed by atoms with Crippen molar-refractivity contribution in [1.82, 2.24) is 14.3 Å². The van der Waals surface area contributed by atoms with Gasteiger partial charge in [0.2, 0.25) is 0 Å². The summed E-state index contributed by atoms with van der Waals surface area (Å²) in [6.07, 6.45) is 1.98. The SMILES string of the molecule is CCc1ncc(S(=O)(=O)N(C)Cc2ccc(O)cc2)[nH]1. The quantitative estimate of drug-likeness (QED) is 0.875. The Morgan fingerprint density at radius 1 is 1.30 bits per heavy atom. The Hall–Kier alpha value is -1.86. The number of hydrogen-bond acceptors (Lipinski definition) is 4. The molecule has 0 aliphatic carbocycles. The summed E-state index contributed by atoms with van der Waals surface area (Å²) in [4.78, 5) is 6.81. The zero-order valence-electron chi connectivity index (χ0n) is 11.4. The van der Waals surface area contributed by atoms with Gasteiger partial charge >= 0.3 is 0 Å². The number of nitrogens with zero attached hydrogens (tertiary/aromatic N) is 2. The minimum atomic E-state index is -3.58. The van der Waals surface area contributed by atoms with Gasteiger partial charge in [0.05, 0.1) is 6.20 Å². The predicted octanol–water partition coefficient (Wildman–Crippen LogP) is 1.50. The summed E-state index contributed by atoms with van der Waals surface area (Å²) in [5.41, 5.74) is 0.795. The van der Waals surface area contributed by atoms with Crippen LogP contribution in [0.3, 0.4) is 0 Å². The van der Waals surface area contributed by atoms with Crippen LogP contribution in [0.2, 0.25) is 0 Å². The highest BCUT2D eigenvalue weighted by Crippen LogP contribution is 2.16. The molecular weight excluding hydrogens is 278 g/mol. The van der Waals surface area contributed by atoms with Crippen molar-refractivity contribution in [2.75, 3.05) is 7.05 Å². The van der Waals surface area contributed by atoms with Gasteiger partial charge in [0.1, 0.15) is 11.6 Å². The average Bonchev–Trinajstić information content (AvgIpc) is 2.90. The molecule has 0 fully saturated rings. The second-order valence-electron chi connectivity index (χ2n) is 4.48. The van der Waals surface area contributed by atoms with Crippen molar-refractivity contribution in [3.8, 4) is 5.75 Å². The highest BCUT2D eigenvalue weighted by atomic mass is 32.2. The minimum absolute atomic E-state index is 0.0932. The van der Waals surface area contributed by atoms with Gasteiger partial charge in [-0.25, -0.2) is 13.4 Å². The Labute approximate surface area is 118 Å². The van der Waals surface area contributed by atoms with Crippen LogP contribution in [0, 0.1) is 0 Å². The highest BCUT2D eigenvalue weighted by molar-refractivity contribution is 7.89. The van der Waals surface area contributed by atoms with Gasteiger partial charge in [-0.3, -0.25) is 0 Å². The summed E-state index contributed by atoms with van der Waals surface area (Å²) in [7, 11) is -2.08. The third-order valence-corrected chi connectivity index (χ3v) is 4.68. The van der Waals surface area contributed by atoms with E-state index in [1.807, 2.05) is 6.92 Å². The summed E-state index contributed by atoms with van der Waals surface area (Å²) in [5, 5.41) is 9.31. The van der Waals surface area contributed by atoms with Crippen molar-refractivity contribution >= 4 is 10.0 Å². The van der Waals surface area contributed by atoms with Crippen LogP contribution in [0.4, 0.5) is 0 Å². The van der Waals surface area contributed by atoms with Crippen molar-refractivity contribution in [2.24, 2.45) is 0 Å². The molecule has 0 unspecified atom stereocenters. The zero-order chi connectivity index (χ0) is 14.8. The topological polar surface area (TPSA) is 86.3 Å². The number of aromatic nitrogens is 2. The fourth-order valence-corrected chi connectivity index (χ4v) is 2.85. The van der Waals surface area contributed by atoms with Gasteiger partial charge in [-0.2, -0.15) is 4.31 Å². The predicted molar refractivity (Wildman–Crippen MR) is 74.7 cm³/mol. The molecule has 7 heteroatoms. The first-order chi connectivity index (χ1) is 9.43. The van der Waals surface area contributed by atoms with Gasteiger partial charge in [-0.15, -0.1) is 0 Å². The first-order valence-electron chi connectivity index (χ1n) is 6.21. The number of H-pyrrole nitrogens is 1. The van der Waals surface area contributed by atoms with Crippen molar-refractivity contribution in [3.05, 3.63) is 41.9 Å². The number of phenolic OH excluding ortho intramolecular Hbond substituents is 1. The molecule has 1 heterocycles. The monoisotopic (exact) mass is 295 g/mol. The van der Waals surface area contributed by atoms with E-state index in [0.29, 0.717) is 12.2 Å². The second-order valence-corrected chi connectivity index (χ2v) is 6.49. The molecule has 1 aromatic carbocycles. The molecule has 20 heavy (non-hydrogen) atoms. The number of nitrogens with one attached hydrogen (secondary N) is 1. The van der Waals surface area contributed by atoms with Crippen LogP contribution >= 0.6 is 0 Å². The maximum absolute atomic E-state index is 12.3. The molecule has 0 bridgehead atoms. The van der Waals surface area contributed by atoms with Crippen LogP contribution in [0.1, 0.15) is 18.3 Å². The summed E-state index contributed by atoms with van der Waals surface area (Å²) in [6.45, 7) is 2.12. The lowest BCUT2D eigenvalue weighted by molar-refractivity contribution is 0.461. The molecule has 0 aliphatic heterocycles. The lowest BCUT2D eigenvalue weighted by Gasteiger charge is -2.16. The Morgan fingerprint density at radius 2 is 1.95 bits per heavy atom. The van der Waals surface area contributed by atoms with Crippen LogP contribution < -0.4 is 0 Å². The van der Waals surface area contributed by atoms with Crippen LogP contribution in [0.25, 0.3) is 0 Å². The number of phenols is 1. The van der Waals surface area contributed by atoms with E-state index in [2.05, 4.69) is 9.97 Å². The van der Waals surface area contributed by atoms with E-state index in [1.165, 1.54) is 29.7 Å². The van der Waals surface area contributed by atoms with E-state index in [0.717, 1.165) is 5.56 Å². The van der Waals surface area contributed by atoms with E-state index < -0.39 is 10.0 Å². The largest absolute Gasteiger partial charge is 0.508 e. The standard InChI is InChI=1S/C13H17N3O3S/c1-3-12-14-8-13(15-12)20(18,19)16(2)9-10-4-6-11(17)7-5-10/h4-8,17H,3,9H2,1-2H3,(H,14,15). The van der Waals surface area contributed by atoms with Gasteiger partial charge in [0.15, 0.2) is 5.03 Å². The molecule has 0 atom stereocenters. The Kier molecular flexibility index (Phi) is 4.10. The molecule has 1 aromatic heterocycles. The molecular formula is C13H17N3O3S. The molecule has 0 saturated heterocycles.